The van der Waals surface area contributed by atoms with Crippen molar-refractivity contribution in [3.63, 3.8) is 0 Å². The van der Waals surface area contributed by atoms with Crippen LogP contribution in [0.1, 0.15) is 39.5 Å². The Labute approximate surface area is 122 Å². The second kappa shape index (κ2) is 6.25. The van der Waals surface area contributed by atoms with E-state index in [1.165, 1.54) is 25.7 Å². The Bertz CT molecular complexity index is 266. The lowest BCUT2D eigenvalue weighted by Crippen LogP contribution is -2.39. The molecule has 0 aromatic carbocycles. The van der Waals surface area contributed by atoms with Crippen molar-refractivity contribution < 1.29 is 0 Å². The summed E-state index contributed by atoms with van der Waals surface area (Å²) in [6, 6.07) is 0. The van der Waals surface area contributed by atoms with Crippen LogP contribution in [0.5, 0.6) is 0 Å². The van der Waals surface area contributed by atoms with Crippen molar-refractivity contribution in [1.29, 1.82) is 0 Å². The average molecular weight is 351 g/mol. The molecular weight excluding hydrogens is 325 g/mol. The van der Waals surface area contributed by atoms with Gasteiger partial charge in [-0.15, -0.1) is 24.0 Å². The lowest BCUT2D eigenvalue weighted by Gasteiger charge is -2.34. The van der Waals surface area contributed by atoms with Crippen LogP contribution in [0.3, 0.4) is 0 Å². The van der Waals surface area contributed by atoms with Crippen molar-refractivity contribution in [2.24, 2.45) is 16.3 Å². The average Bonchev–Trinajstić information content (AvgIpc) is 2.63. The molecule has 2 rings (SSSR count). The van der Waals surface area contributed by atoms with E-state index in [9.17, 15) is 0 Å². The van der Waals surface area contributed by atoms with E-state index in [1.807, 2.05) is 0 Å². The van der Waals surface area contributed by atoms with Gasteiger partial charge in [0.15, 0.2) is 5.96 Å². The van der Waals surface area contributed by atoms with Gasteiger partial charge in [0.25, 0.3) is 0 Å². The zero-order valence-corrected chi connectivity index (χ0v) is 13.7. The van der Waals surface area contributed by atoms with Gasteiger partial charge in [-0.05, 0) is 37.0 Å². The molecule has 1 aliphatic carbocycles. The van der Waals surface area contributed by atoms with Crippen molar-refractivity contribution >= 4 is 29.9 Å². The molecule has 0 spiro atoms. The number of hydrogen-bond donors (Lipinski definition) is 1. The lowest BCUT2D eigenvalue weighted by molar-refractivity contribution is 0.192. The van der Waals surface area contributed by atoms with Crippen LogP contribution in [0.15, 0.2) is 4.99 Å². The zero-order chi connectivity index (χ0) is 11.6. The minimum atomic E-state index is 0. The predicted molar refractivity (Wildman–Crippen MR) is 84.1 cm³/mol. The number of aliphatic imine (C=N–C) groups is 1. The van der Waals surface area contributed by atoms with E-state index in [2.05, 4.69) is 36.1 Å². The number of hydrogen-bond acceptors (Lipinski definition) is 3. The Morgan fingerprint density at radius 2 is 2.00 bits per heavy atom. The van der Waals surface area contributed by atoms with Crippen LogP contribution < -0.4 is 5.32 Å². The summed E-state index contributed by atoms with van der Waals surface area (Å²) in [5, 5.41) is 3.50. The fourth-order valence-corrected chi connectivity index (χ4v) is 2.62. The quantitative estimate of drug-likeness (QED) is 0.775. The number of nitrogens with zero attached hydrogens (tertiary/aromatic N) is 2. The van der Waals surface area contributed by atoms with Crippen LogP contribution in [-0.2, 0) is 0 Å². The van der Waals surface area contributed by atoms with E-state index >= 15 is 0 Å². The Kier molecular flexibility index (Phi) is 5.54. The summed E-state index contributed by atoms with van der Waals surface area (Å²) in [5.41, 5.74) is 0.582. The van der Waals surface area contributed by atoms with Gasteiger partial charge in [0.1, 0.15) is 0 Å². The summed E-state index contributed by atoms with van der Waals surface area (Å²) in [5.74, 6) is 1.95. The number of likely N-dealkylation sites (N-methyl/N-ethyl adjacent to an activating group) is 1. The molecule has 0 atom stereocenters. The highest BCUT2D eigenvalue weighted by Gasteiger charge is 2.27. The van der Waals surface area contributed by atoms with E-state index in [0.29, 0.717) is 5.41 Å². The zero-order valence-electron chi connectivity index (χ0n) is 11.3. The fourth-order valence-electron chi connectivity index (χ4n) is 2.62. The van der Waals surface area contributed by atoms with Crippen LogP contribution in [0.2, 0.25) is 0 Å². The Morgan fingerprint density at radius 1 is 1.35 bits per heavy atom. The summed E-state index contributed by atoms with van der Waals surface area (Å²) in [7, 11) is 2.11. The molecule has 3 nitrogen and oxygen atoms in total. The summed E-state index contributed by atoms with van der Waals surface area (Å²) in [6.45, 7) is 7.92. The molecule has 17 heavy (non-hydrogen) atoms. The molecule has 0 amide bonds. The number of halogens is 1. The smallest absolute Gasteiger partial charge is 0.193 e. The normalized spacial score (nSPS) is 24.2. The Morgan fingerprint density at radius 3 is 2.53 bits per heavy atom. The van der Waals surface area contributed by atoms with Crippen LogP contribution in [0, 0.1) is 11.3 Å². The van der Waals surface area contributed by atoms with E-state index in [4.69, 9.17) is 0 Å². The molecule has 2 aliphatic rings. The minimum absolute atomic E-state index is 0. The summed E-state index contributed by atoms with van der Waals surface area (Å²) in [6.07, 6.45) is 5.50. The van der Waals surface area contributed by atoms with Gasteiger partial charge in [0.05, 0.1) is 6.54 Å². The standard InChI is InChI=1S/C13H25N3.HI/c1-13(2)6-4-11(5-7-13)10-15-12-14-8-9-16(12)3;/h11H,4-10H2,1-3H3,(H,14,15);1H. The largest absolute Gasteiger partial charge is 0.356 e. The van der Waals surface area contributed by atoms with Crippen molar-refractivity contribution in [2.75, 3.05) is 26.7 Å². The molecule has 0 saturated heterocycles. The second-order valence-corrected chi connectivity index (χ2v) is 6.12. The molecule has 0 aromatic rings. The first kappa shape index (κ1) is 15.1. The third kappa shape index (κ3) is 4.30. The molecule has 1 N–H and O–H groups in total. The molecule has 1 aliphatic heterocycles. The predicted octanol–water partition coefficient (Wildman–Crippen LogP) is 2.71. The maximum Gasteiger partial charge on any atom is 0.193 e. The monoisotopic (exact) mass is 351 g/mol. The van der Waals surface area contributed by atoms with Crippen LogP contribution in [0.25, 0.3) is 0 Å². The maximum absolute atomic E-state index is 4.46. The van der Waals surface area contributed by atoms with Gasteiger partial charge in [-0.2, -0.15) is 0 Å². The molecule has 0 bridgehead atoms. The Hall–Kier alpha value is 0. The van der Waals surface area contributed by atoms with Crippen molar-refractivity contribution in [3.8, 4) is 0 Å². The van der Waals surface area contributed by atoms with Crippen LogP contribution >= 0.6 is 24.0 Å². The van der Waals surface area contributed by atoms with Gasteiger partial charge in [0, 0.05) is 20.1 Å². The molecule has 1 heterocycles. The number of guanidine groups is 1. The van der Waals surface area contributed by atoms with E-state index in [1.54, 1.807) is 0 Å². The molecule has 0 aromatic heterocycles. The van der Waals surface area contributed by atoms with Gasteiger partial charge in [-0.25, -0.2) is 0 Å². The first-order chi connectivity index (χ1) is 7.57. The summed E-state index contributed by atoms with van der Waals surface area (Å²) in [4.78, 5) is 6.68. The van der Waals surface area contributed by atoms with Crippen LogP contribution in [-0.4, -0.2) is 37.5 Å². The fraction of sp³-hybridized carbons (Fsp3) is 0.923. The van der Waals surface area contributed by atoms with E-state index in [0.717, 1.165) is 31.5 Å². The topological polar surface area (TPSA) is 27.6 Å². The third-order valence-corrected chi connectivity index (χ3v) is 4.07. The van der Waals surface area contributed by atoms with E-state index < -0.39 is 0 Å². The van der Waals surface area contributed by atoms with Gasteiger partial charge >= 0.3 is 0 Å². The first-order valence-corrected chi connectivity index (χ1v) is 6.56. The third-order valence-electron chi connectivity index (χ3n) is 4.07. The van der Waals surface area contributed by atoms with Crippen molar-refractivity contribution in [3.05, 3.63) is 0 Å². The molecule has 100 valence electrons. The molecule has 4 heteroatoms. The minimum Gasteiger partial charge on any atom is -0.356 e. The molecular formula is C13H26IN3. The van der Waals surface area contributed by atoms with Crippen molar-refractivity contribution in [2.45, 2.75) is 39.5 Å². The highest BCUT2D eigenvalue weighted by atomic mass is 127. The van der Waals surface area contributed by atoms with Crippen LogP contribution in [0.4, 0.5) is 0 Å². The Balaban J connectivity index is 0.00000144. The van der Waals surface area contributed by atoms with Gasteiger partial charge in [0.2, 0.25) is 0 Å². The first-order valence-electron chi connectivity index (χ1n) is 6.56. The number of nitrogens with one attached hydrogen (secondary N) is 1. The van der Waals surface area contributed by atoms with E-state index in [-0.39, 0.29) is 24.0 Å². The molecule has 0 radical (unpaired) electrons. The molecule has 1 saturated carbocycles. The summed E-state index contributed by atoms with van der Waals surface area (Å²) >= 11 is 0. The van der Waals surface area contributed by atoms with Gasteiger partial charge in [-0.3, -0.25) is 4.99 Å². The SMILES string of the molecule is CN1CCN=C1NCC1CCC(C)(C)CC1.I. The molecule has 0 unspecified atom stereocenters. The lowest BCUT2D eigenvalue weighted by atomic mass is 9.73. The highest BCUT2D eigenvalue weighted by Crippen LogP contribution is 2.37. The van der Waals surface area contributed by atoms with Gasteiger partial charge < -0.3 is 10.2 Å². The van der Waals surface area contributed by atoms with Gasteiger partial charge in [-0.1, -0.05) is 13.8 Å². The van der Waals surface area contributed by atoms with Crippen molar-refractivity contribution in [1.82, 2.24) is 10.2 Å². The molecule has 1 fully saturated rings. The number of rotatable bonds is 2. The maximum atomic E-state index is 4.46. The summed E-state index contributed by atoms with van der Waals surface area (Å²) < 4.78 is 0. The highest BCUT2D eigenvalue weighted by molar-refractivity contribution is 14.0. The second-order valence-electron chi connectivity index (χ2n) is 6.12.